The summed E-state index contributed by atoms with van der Waals surface area (Å²) in [4.78, 5) is 4.42. The van der Waals surface area contributed by atoms with Crippen molar-refractivity contribution in [3.63, 3.8) is 0 Å². The van der Waals surface area contributed by atoms with Gasteiger partial charge >= 0.3 is 0 Å². The van der Waals surface area contributed by atoms with Gasteiger partial charge in [0.25, 0.3) is 0 Å². The van der Waals surface area contributed by atoms with E-state index in [0.29, 0.717) is 19.0 Å². The second kappa shape index (κ2) is 6.41. The van der Waals surface area contributed by atoms with Crippen LogP contribution < -0.4 is 0 Å². The molecule has 7 heteroatoms. The Morgan fingerprint density at radius 2 is 2.13 bits per heavy atom. The van der Waals surface area contributed by atoms with E-state index in [2.05, 4.69) is 16.1 Å². The van der Waals surface area contributed by atoms with Crippen LogP contribution in [0.25, 0.3) is 11.4 Å². The Hall–Kier alpha value is -1.73. The van der Waals surface area contributed by atoms with Crippen LogP contribution in [0.3, 0.4) is 0 Å². The zero-order valence-electron chi connectivity index (χ0n) is 13.5. The third kappa shape index (κ3) is 3.79. The van der Waals surface area contributed by atoms with Crippen molar-refractivity contribution in [3.8, 4) is 11.4 Å². The summed E-state index contributed by atoms with van der Waals surface area (Å²) in [5.74, 6) is 0.361. The average molecular weight is 334 g/mol. The maximum Gasteiger partial charge on any atom is 0.211 e. The smallest absolute Gasteiger partial charge is 0.211 e. The fourth-order valence-corrected chi connectivity index (χ4v) is 4.14. The minimum atomic E-state index is -3.09. The highest BCUT2D eigenvalue weighted by Crippen LogP contribution is 2.24. The molecule has 23 heavy (non-hydrogen) atoms. The number of piperidine rings is 1. The van der Waals surface area contributed by atoms with Crippen LogP contribution in [0.15, 0.2) is 30.6 Å². The molecule has 0 saturated carbocycles. The van der Waals surface area contributed by atoms with Crippen molar-refractivity contribution in [2.24, 2.45) is 13.0 Å². The summed E-state index contributed by atoms with van der Waals surface area (Å²) in [6.45, 7) is 1.26. The lowest BCUT2D eigenvalue weighted by atomic mass is 9.92. The van der Waals surface area contributed by atoms with Gasteiger partial charge in [0.15, 0.2) is 0 Å². The van der Waals surface area contributed by atoms with Crippen molar-refractivity contribution in [1.29, 1.82) is 0 Å². The van der Waals surface area contributed by atoms with E-state index in [-0.39, 0.29) is 0 Å². The van der Waals surface area contributed by atoms with Crippen LogP contribution in [-0.2, 0) is 23.5 Å². The van der Waals surface area contributed by atoms with E-state index >= 15 is 0 Å². The Bertz CT molecular complexity index is 785. The molecule has 1 atom stereocenters. The van der Waals surface area contributed by atoms with Crippen molar-refractivity contribution in [3.05, 3.63) is 36.2 Å². The minimum Gasteiger partial charge on any atom is -0.266 e. The Balaban J connectivity index is 1.75. The topological polar surface area (TPSA) is 68.1 Å². The van der Waals surface area contributed by atoms with Crippen molar-refractivity contribution in [2.75, 3.05) is 19.3 Å². The van der Waals surface area contributed by atoms with E-state index in [1.807, 2.05) is 25.4 Å². The molecule has 0 radical (unpaired) electrons. The molecule has 0 bridgehead atoms. The van der Waals surface area contributed by atoms with Crippen molar-refractivity contribution < 1.29 is 8.42 Å². The van der Waals surface area contributed by atoms with E-state index < -0.39 is 10.0 Å². The van der Waals surface area contributed by atoms with E-state index in [4.69, 9.17) is 0 Å². The maximum absolute atomic E-state index is 11.7. The van der Waals surface area contributed by atoms with Gasteiger partial charge in [0.05, 0.1) is 17.6 Å². The van der Waals surface area contributed by atoms with E-state index in [1.54, 1.807) is 15.2 Å². The molecule has 1 fully saturated rings. The Labute approximate surface area is 137 Å². The van der Waals surface area contributed by atoms with Crippen molar-refractivity contribution in [2.45, 2.75) is 19.3 Å². The number of rotatable bonds is 4. The van der Waals surface area contributed by atoms with Gasteiger partial charge in [-0.05, 0) is 48.9 Å². The highest BCUT2D eigenvalue weighted by atomic mass is 32.2. The number of aromatic nitrogens is 3. The summed E-state index contributed by atoms with van der Waals surface area (Å²) in [6, 6.07) is 6.04. The second-order valence-electron chi connectivity index (χ2n) is 6.22. The molecule has 0 spiro atoms. The van der Waals surface area contributed by atoms with Crippen LogP contribution in [0.5, 0.6) is 0 Å². The monoisotopic (exact) mass is 334 g/mol. The summed E-state index contributed by atoms with van der Waals surface area (Å²) in [6.07, 6.45) is 7.73. The van der Waals surface area contributed by atoms with Crippen LogP contribution >= 0.6 is 0 Å². The summed E-state index contributed by atoms with van der Waals surface area (Å²) in [5, 5.41) is 4.18. The van der Waals surface area contributed by atoms with Crippen molar-refractivity contribution >= 4 is 10.0 Å². The van der Waals surface area contributed by atoms with Crippen LogP contribution in [0.2, 0.25) is 0 Å². The van der Waals surface area contributed by atoms with Gasteiger partial charge < -0.3 is 0 Å². The molecule has 2 aromatic rings. The quantitative estimate of drug-likeness (QED) is 0.853. The van der Waals surface area contributed by atoms with Gasteiger partial charge in [-0.1, -0.05) is 0 Å². The lowest BCUT2D eigenvalue weighted by Crippen LogP contribution is -2.39. The third-order valence-corrected chi connectivity index (χ3v) is 5.65. The lowest BCUT2D eigenvalue weighted by Gasteiger charge is -2.31. The summed E-state index contributed by atoms with van der Waals surface area (Å²) in [5.41, 5.74) is 3.07. The predicted molar refractivity (Wildman–Crippen MR) is 89.3 cm³/mol. The van der Waals surface area contributed by atoms with E-state index in [1.165, 1.54) is 11.8 Å². The number of nitrogens with zero attached hydrogens (tertiary/aromatic N) is 4. The molecule has 6 nitrogen and oxygen atoms in total. The van der Waals surface area contributed by atoms with Crippen LogP contribution in [-0.4, -0.2) is 46.8 Å². The molecule has 1 aliphatic rings. The number of sulfonamides is 1. The molecule has 3 heterocycles. The SMILES string of the molecule is Cn1nccc1-c1cc(C[C@@H]2CCCN(S(C)(=O)=O)C2)ccn1. The first kappa shape index (κ1) is 16.1. The van der Waals surface area contributed by atoms with E-state index in [0.717, 1.165) is 30.7 Å². The Morgan fingerprint density at radius 1 is 1.30 bits per heavy atom. The second-order valence-corrected chi connectivity index (χ2v) is 8.21. The van der Waals surface area contributed by atoms with E-state index in [9.17, 15) is 8.42 Å². The molecule has 1 saturated heterocycles. The first-order valence-corrected chi connectivity index (χ1v) is 9.67. The normalized spacial score (nSPS) is 19.8. The predicted octanol–water partition coefficient (Wildman–Crippen LogP) is 1.70. The van der Waals surface area contributed by atoms with Gasteiger partial charge in [0, 0.05) is 32.5 Å². The molecule has 124 valence electrons. The van der Waals surface area contributed by atoms with Crippen LogP contribution in [0.1, 0.15) is 18.4 Å². The summed E-state index contributed by atoms with van der Waals surface area (Å²) in [7, 11) is -1.19. The summed E-state index contributed by atoms with van der Waals surface area (Å²) >= 11 is 0. The highest BCUT2D eigenvalue weighted by Gasteiger charge is 2.26. The van der Waals surface area contributed by atoms with Gasteiger partial charge in [-0.3, -0.25) is 9.67 Å². The molecule has 0 unspecified atom stereocenters. The van der Waals surface area contributed by atoms with Gasteiger partial charge in [-0.25, -0.2) is 12.7 Å². The zero-order valence-corrected chi connectivity index (χ0v) is 14.3. The Morgan fingerprint density at radius 3 is 2.83 bits per heavy atom. The van der Waals surface area contributed by atoms with Crippen molar-refractivity contribution in [1.82, 2.24) is 19.1 Å². The first-order valence-electron chi connectivity index (χ1n) is 7.82. The molecule has 1 aliphatic heterocycles. The van der Waals surface area contributed by atoms with Gasteiger partial charge in [-0.2, -0.15) is 5.10 Å². The number of hydrogen-bond acceptors (Lipinski definition) is 4. The fraction of sp³-hybridized carbons (Fsp3) is 0.500. The standard InChI is InChI=1S/C16H22N4O2S/c1-19-16(6-8-18-19)15-11-13(5-7-17-15)10-14-4-3-9-20(12-14)23(2,21)22/h5-8,11,14H,3-4,9-10,12H2,1-2H3/t14-/m0/s1. The number of hydrogen-bond donors (Lipinski definition) is 0. The fourth-order valence-electron chi connectivity index (χ4n) is 3.19. The average Bonchev–Trinajstić information content (AvgIpc) is 2.93. The van der Waals surface area contributed by atoms with Crippen LogP contribution in [0, 0.1) is 5.92 Å². The molecule has 3 rings (SSSR count). The Kier molecular flexibility index (Phi) is 4.50. The van der Waals surface area contributed by atoms with Gasteiger partial charge in [-0.15, -0.1) is 0 Å². The largest absolute Gasteiger partial charge is 0.266 e. The third-order valence-electron chi connectivity index (χ3n) is 4.38. The molecule has 0 aliphatic carbocycles. The molecule has 0 aromatic carbocycles. The van der Waals surface area contributed by atoms with Crippen LogP contribution in [0.4, 0.5) is 0 Å². The molecule has 0 N–H and O–H groups in total. The number of pyridine rings is 1. The molecular formula is C16H22N4O2S. The molecule has 2 aromatic heterocycles. The molecule has 0 amide bonds. The molecular weight excluding hydrogens is 312 g/mol. The minimum absolute atomic E-state index is 0.361. The first-order chi connectivity index (χ1) is 10.9. The lowest BCUT2D eigenvalue weighted by molar-refractivity contribution is 0.267. The maximum atomic E-state index is 11.7. The van der Waals surface area contributed by atoms with Gasteiger partial charge in [0.2, 0.25) is 10.0 Å². The van der Waals surface area contributed by atoms with Gasteiger partial charge in [0.1, 0.15) is 0 Å². The highest BCUT2D eigenvalue weighted by molar-refractivity contribution is 7.88. The zero-order chi connectivity index (χ0) is 16.4. The number of aryl methyl sites for hydroxylation is 1. The summed E-state index contributed by atoms with van der Waals surface area (Å²) < 4.78 is 26.9.